The summed E-state index contributed by atoms with van der Waals surface area (Å²) in [5, 5.41) is 4.55. The molecule has 0 aliphatic rings. The van der Waals surface area contributed by atoms with Gasteiger partial charge in [-0.25, -0.2) is 0 Å². The molecule has 1 amide bonds. The van der Waals surface area contributed by atoms with Gasteiger partial charge < -0.3 is 5.32 Å². The molecular weight excluding hydrogens is 314 g/mol. The van der Waals surface area contributed by atoms with Gasteiger partial charge in [0.25, 0.3) is 5.91 Å². The van der Waals surface area contributed by atoms with Crippen molar-refractivity contribution in [3.63, 3.8) is 0 Å². The molecule has 2 rings (SSSR count). The van der Waals surface area contributed by atoms with E-state index in [1.165, 1.54) is 49.0 Å². The largest absolute Gasteiger partial charge is 0.351 e. The highest BCUT2D eigenvalue weighted by Gasteiger charge is 2.16. The highest BCUT2D eigenvalue weighted by molar-refractivity contribution is 7.21. The quantitative estimate of drug-likeness (QED) is 0.592. The van der Waals surface area contributed by atoms with Crippen LogP contribution in [0.4, 0.5) is 0 Å². The Morgan fingerprint density at radius 2 is 1.91 bits per heavy atom. The van der Waals surface area contributed by atoms with E-state index in [9.17, 15) is 4.79 Å². The summed E-state index contributed by atoms with van der Waals surface area (Å²) in [6.07, 6.45) is 7.35. The molecule has 1 N–H and O–H groups in total. The fourth-order valence-electron chi connectivity index (χ4n) is 2.51. The zero-order valence-electron chi connectivity index (χ0n) is 13.4. The lowest BCUT2D eigenvalue weighted by atomic mass is 10.1. The summed E-state index contributed by atoms with van der Waals surface area (Å²) in [6.45, 7) is 5.00. The van der Waals surface area contributed by atoms with Crippen LogP contribution < -0.4 is 5.32 Å². The molecule has 1 aromatic heterocycles. The van der Waals surface area contributed by atoms with Crippen molar-refractivity contribution in [3.8, 4) is 0 Å². The number of unbranched alkanes of at least 4 members (excludes halogenated alkanes) is 5. The number of halogens is 1. The Balaban J connectivity index is 1.86. The SMILES string of the molecule is CCCCCCCCNC(=O)c1sc2cc(C)ccc2c1Cl. The number of thiophene rings is 1. The summed E-state index contributed by atoms with van der Waals surface area (Å²) < 4.78 is 1.08. The molecule has 1 heterocycles. The van der Waals surface area contributed by atoms with E-state index < -0.39 is 0 Å². The summed E-state index contributed by atoms with van der Waals surface area (Å²) in [6, 6.07) is 6.10. The lowest BCUT2D eigenvalue weighted by Gasteiger charge is -2.04. The average molecular weight is 338 g/mol. The van der Waals surface area contributed by atoms with Gasteiger partial charge in [-0.05, 0) is 25.0 Å². The Kier molecular flexibility index (Phi) is 6.71. The Hall–Kier alpha value is -1.06. The number of hydrogen-bond acceptors (Lipinski definition) is 2. The Morgan fingerprint density at radius 1 is 1.18 bits per heavy atom. The number of carbonyl (C=O) groups is 1. The molecule has 0 bridgehead atoms. The molecule has 22 heavy (non-hydrogen) atoms. The molecule has 0 saturated heterocycles. The summed E-state index contributed by atoms with van der Waals surface area (Å²) >= 11 is 7.83. The van der Waals surface area contributed by atoms with Gasteiger partial charge in [0.05, 0.1) is 5.02 Å². The third-order valence-electron chi connectivity index (χ3n) is 3.81. The molecule has 4 heteroatoms. The van der Waals surface area contributed by atoms with Crippen molar-refractivity contribution in [1.29, 1.82) is 0 Å². The van der Waals surface area contributed by atoms with Gasteiger partial charge in [0.15, 0.2) is 0 Å². The molecule has 0 unspecified atom stereocenters. The van der Waals surface area contributed by atoms with Crippen molar-refractivity contribution < 1.29 is 4.79 Å². The minimum absolute atomic E-state index is 0.0441. The lowest BCUT2D eigenvalue weighted by molar-refractivity contribution is 0.0957. The number of rotatable bonds is 8. The van der Waals surface area contributed by atoms with Crippen molar-refractivity contribution in [2.45, 2.75) is 52.4 Å². The van der Waals surface area contributed by atoms with Crippen LogP contribution in [-0.2, 0) is 0 Å². The van der Waals surface area contributed by atoms with E-state index in [2.05, 4.69) is 18.3 Å². The number of nitrogens with one attached hydrogen (secondary N) is 1. The zero-order chi connectivity index (χ0) is 15.9. The van der Waals surface area contributed by atoms with Crippen LogP contribution in [0, 0.1) is 6.92 Å². The predicted octanol–water partition coefficient (Wildman–Crippen LogP) is 5.95. The number of hydrogen-bond donors (Lipinski definition) is 1. The van der Waals surface area contributed by atoms with Crippen LogP contribution in [0.5, 0.6) is 0 Å². The molecular formula is C18H24ClNOS. The molecule has 2 aromatic rings. The fraction of sp³-hybridized carbons (Fsp3) is 0.500. The molecule has 2 nitrogen and oxygen atoms in total. The first-order valence-electron chi connectivity index (χ1n) is 8.10. The van der Waals surface area contributed by atoms with Crippen LogP contribution in [0.15, 0.2) is 18.2 Å². The van der Waals surface area contributed by atoms with Gasteiger partial charge in [0.2, 0.25) is 0 Å². The molecule has 0 aliphatic carbocycles. The monoisotopic (exact) mass is 337 g/mol. The predicted molar refractivity (Wildman–Crippen MR) is 97.3 cm³/mol. The molecule has 0 fully saturated rings. The molecule has 120 valence electrons. The highest BCUT2D eigenvalue weighted by atomic mass is 35.5. The molecule has 0 radical (unpaired) electrons. The van der Waals surface area contributed by atoms with Crippen molar-refractivity contribution in [2.24, 2.45) is 0 Å². The standard InChI is InChI=1S/C18H24ClNOS/c1-3-4-5-6-7-8-11-20-18(21)17-16(19)14-10-9-13(2)12-15(14)22-17/h9-10,12H,3-8,11H2,1-2H3,(H,20,21). The van der Waals surface area contributed by atoms with Crippen molar-refractivity contribution in [2.75, 3.05) is 6.54 Å². The second-order valence-electron chi connectivity index (χ2n) is 5.77. The number of aryl methyl sites for hydroxylation is 1. The molecule has 1 aromatic carbocycles. The first-order valence-corrected chi connectivity index (χ1v) is 9.29. The van der Waals surface area contributed by atoms with E-state index in [0.29, 0.717) is 9.90 Å². The Bertz CT molecular complexity index is 635. The summed E-state index contributed by atoms with van der Waals surface area (Å²) in [5.41, 5.74) is 1.18. The third-order valence-corrected chi connectivity index (χ3v) is 5.46. The van der Waals surface area contributed by atoms with Crippen LogP contribution in [0.2, 0.25) is 5.02 Å². The summed E-state index contributed by atoms with van der Waals surface area (Å²) in [7, 11) is 0. The van der Waals surface area contributed by atoms with Crippen LogP contribution in [-0.4, -0.2) is 12.5 Å². The smallest absolute Gasteiger partial charge is 0.262 e. The minimum Gasteiger partial charge on any atom is -0.351 e. The first kappa shape index (κ1) is 17.3. The first-order chi connectivity index (χ1) is 10.6. The molecule has 0 atom stereocenters. The maximum atomic E-state index is 12.3. The Morgan fingerprint density at radius 3 is 2.68 bits per heavy atom. The number of fused-ring (bicyclic) bond motifs is 1. The lowest BCUT2D eigenvalue weighted by Crippen LogP contribution is -2.23. The van der Waals surface area contributed by atoms with E-state index in [1.807, 2.05) is 19.1 Å². The maximum Gasteiger partial charge on any atom is 0.262 e. The molecule has 0 spiro atoms. The van der Waals surface area contributed by atoms with Crippen molar-refractivity contribution in [1.82, 2.24) is 5.32 Å². The van der Waals surface area contributed by atoms with Crippen LogP contribution in [0.1, 0.15) is 60.7 Å². The van der Waals surface area contributed by atoms with E-state index in [-0.39, 0.29) is 5.91 Å². The zero-order valence-corrected chi connectivity index (χ0v) is 14.9. The average Bonchev–Trinajstić information content (AvgIpc) is 2.82. The Labute approximate surface area is 141 Å². The van der Waals surface area contributed by atoms with Crippen LogP contribution in [0.25, 0.3) is 10.1 Å². The van der Waals surface area contributed by atoms with Gasteiger partial charge in [0, 0.05) is 16.6 Å². The summed E-state index contributed by atoms with van der Waals surface area (Å²) in [5.74, 6) is -0.0441. The van der Waals surface area contributed by atoms with Gasteiger partial charge in [0.1, 0.15) is 4.88 Å². The minimum atomic E-state index is -0.0441. The second kappa shape index (κ2) is 8.54. The van der Waals surface area contributed by atoms with E-state index in [1.54, 1.807) is 0 Å². The third kappa shape index (κ3) is 4.47. The highest BCUT2D eigenvalue weighted by Crippen LogP contribution is 2.35. The van der Waals surface area contributed by atoms with Crippen LogP contribution >= 0.6 is 22.9 Å². The molecule has 0 aliphatic heterocycles. The van der Waals surface area contributed by atoms with E-state index >= 15 is 0 Å². The van der Waals surface area contributed by atoms with Crippen molar-refractivity contribution >= 4 is 38.9 Å². The second-order valence-corrected chi connectivity index (χ2v) is 7.20. The van der Waals surface area contributed by atoms with Gasteiger partial charge >= 0.3 is 0 Å². The number of benzene rings is 1. The molecule has 0 saturated carbocycles. The topological polar surface area (TPSA) is 29.1 Å². The number of amides is 1. The van der Waals surface area contributed by atoms with Crippen LogP contribution in [0.3, 0.4) is 0 Å². The van der Waals surface area contributed by atoms with E-state index in [4.69, 9.17) is 11.6 Å². The van der Waals surface area contributed by atoms with Gasteiger partial charge in [-0.1, -0.05) is 62.8 Å². The van der Waals surface area contributed by atoms with Gasteiger partial charge in [-0.2, -0.15) is 0 Å². The van der Waals surface area contributed by atoms with Crippen molar-refractivity contribution in [3.05, 3.63) is 33.7 Å². The van der Waals surface area contributed by atoms with Gasteiger partial charge in [-0.3, -0.25) is 4.79 Å². The maximum absolute atomic E-state index is 12.3. The van der Waals surface area contributed by atoms with E-state index in [0.717, 1.165) is 23.1 Å². The normalized spacial score (nSPS) is 11.0. The number of carbonyl (C=O) groups excluding carboxylic acids is 1. The fourth-order valence-corrected chi connectivity index (χ4v) is 4.04. The van der Waals surface area contributed by atoms with Gasteiger partial charge in [-0.15, -0.1) is 11.3 Å². The summed E-state index contributed by atoms with van der Waals surface area (Å²) in [4.78, 5) is 12.9.